The summed E-state index contributed by atoms with van der Waals surface area (Å²) < 4.78 is 10.7. The predicted molar refractivity (Wildman–Crippen MR) is 59.3 cm³/mol. The van der Waals surface area contributed by atoms with Crippen LogP contribution in [0.2, 0.25) is 0 Å². The summed E-state index contributed by atoms with van der Waals surface area (Å²) in [7, 11) is 0. The van der Waals surface area contributed by atoms with Gasteiger partial charge in [-0.05, 0) is 18.2 Å². The maximum Gasteiger partial charge on any atom is 0.186 e. The third-order valence-corrected chi connectivity index (χ3v) is 2.49. The van der Waals surface area contributed by atoms with Crippen molar-refractivity contribution in [3.8, 4) is 11.3 Å². The van der Waals surface area contributed by atoms with Crippen LogP contribution in [0.1, 0.15) is 10.6 Å². The second kappa shape index (κ2) is 3.38. The Morgan fingerprint density at radius 2 is 2.00 bits per heavy atom. The predicted octanol–water partition coefficient (Wildman–Crippen LogP) is 3.51. The van der Waals surface area contributed by atoms with Gasteiger partial charge >= 0.3 is 0 Å². The van der Waals surface area contributed by atoms with Gasteiger partial charge < -0.3 is 8.83 Å². The molecule has 0 aliphatic rings. The molecule has 3 heteroatoms. The minimum Gasteiger partial charge on any atom is -0.461 e. The molecule has 1 aromatic carbocycles. The van der Waals surface area contributed by atoms with E-state index in [1.807, 2.05) is 30.3 Å². The summed E-state index contributed by atoms with van der Waals surface area (Å²) in [5, 5.41) is 1.01. The van der Waals surface area contributed by atoms with Crippen LogP contribution < -0.4 is 0 Å². The van der Waals surface area contributed by atoms with Crippen LogP contribution in [-0.4, -0.2) is 6.29 Å². The van der Waals surface area contributed by atoms with E-state index < -0.39 is 0 Å². The molecule has 0 amide bonds. The summed E-state index contributed by atoms with van der Waals surface area (Å²) in [6.45, 7) is 0. The summed E-state index contributed by atoms with van der Waals surface area (Å²) in [6.07, 6.45) is 2.16. The van der Waals surface area contributed by atoms with Crippen LogP contribution >= 0.6 is 0 Å². The third-order valence-electron chi connectivity index (χ3n) is 2.49. The number of benzene rings is 1. The summed E-state index contributed by atoms with van der Waals surface area (Å²) in [4.78, 5) is 10.7. The Morgan fingerprint density at radius 3 is 2.81 bits per heavy atom. The number of carbonyl (C=O) groups is 1. The Balaban J connectivity index is 2.22. The Morgan fingerprint density at radius 1 is 1.12 bits per heavy atom. The minimum atomic E-state index is 0.291. The van der Waals surface area contributed by atoms with Crippen molar-refractivity contribution in [2.75, 3.05) is 0 Å². The molecule has 16 heavy (non-hydrogen) atoms. The van der Waals surface area contributed by atoms with E-state index in [-0.39, 0.29) is 0 Å². The number of hydrogen-bond donors (Lipinski definition) is 0. The normalized spacial score (nSPS) is 10.8. The fourth-order valence-electron chi connectivity index (χ4n) is 1.73. The topological polar surface area (TPSA) is 43.4 Å². The molecule has 0 aliphatic carbocycles. The average molecular weight is 212 g/mol. The second-order valence-electron chi connectivity index (χ2n) is 3.46. The summed E-state index contributed by atoms with van der Waals surface area (Å²) in [5.74, 6) is 0.941. The SMILES string of the molecule is O=Cc1occc1-c1cc2ccccc2o1. The van der Waals surface area contributed by atoms with Crippen molar-refractivity contribution in [1.29, 1.82) is 0 Å². The van der Waals surface area contributed by atoms with Crippen molar-refractivity contribution >= 4 is 17.3 Å². The largest absolute Gasteiger partial charge is 0.461 e. The van der Waals surface area contributed by atoms with E-state index in [2.05, 4.69) is 0 Å². The maximum absolute atomic E-state index is 10.7. The van der Waals surface area contributed by atoms with Crippen molar-refractivity contribution in [3.05, 3.63) is 48.4 Å². The third kappa shape index (κ3) is 1.26. The molecule has 0 radical (unpaired) electrons. The zero-order chi connectivity index (χ0) is 11.0. The Hall–Kier alpha value is -2.29. The number of rotatable bonds is 2. The van der Waals surface area contributed by atoms with Gasteiger partial charge in [0.15, 0.2) is 12.0 Å². The fourth-order valence-corrected chi connectivity index (χ4v) is 1.73. The van der Waals surface area contributed by atoms with Crippen molar-refractivity contribution in [2.45, 2.75) is 0 Å². The van der Waals surface area contributed by atoms with E-state index in [1.165, 1.54) is 6.26 Å². The fraction of sp³-hybridized carbons (Fsp3) is 0. The van der Waals surface area contributed by atoms with Crippen LogP contribution in [0.25, 0.3) is 22.3 Å². The van der Waals surface area contributed by atoms with Crippen molar-refractivity contribution < 1.29 is 13.6 Å². The highest BCUT2D eigenvalue weighted by Gasteiger charge is 2.12. The van der Waals surface area contributed by atoms with E-state index in [9.17, 15) is 4.79 Å². The van der Waals surface area contributed by atoms with Crippen LogP contribution in [0.15, 0.2) is 51.5 Å². The molecule has 2 aromatic heterocycles. The molecule has 0 saturated carbocycles. The number of hydrogen-bond acceptors (Lipinski definition) is 3. The molecular weight excluding hydrogens is 204 g/mol. The van der Waals surface area contributed by atoms with Gasteiger partial charge in [-0.25, -0.2) is 0 Å². The number of aldehydes is 1. The molecule has 3 nitrogen and oxygen atoms in total. The summed E-state index contributed by atoms with van der Waals surface area (Å²) in [5.41, 5.74) is 1.49. The molecule has 0 bridgehead atoms. The molecule has 0 atom stereocenters. The lowest BCUT2D eigenvalue weighted by Crippen LogP contribution is -1.77. The highest BCUT2D eigenvalue weighted by molar-refractivity contribution is 5.88. The Bertz CT molecular complexity index is 613. The van der Waals surface area contributed by atoms with Crippen LogP contribution in [0.5, 0.6) is 0 Å². The molecule has 0 fully saturated rings. The van der Waals surface area contributed by atoms with Gasteiger partial charge in [0.05, 0.1) is 11.8 Å². The maximum atomic E-state index is 10.7. The highest BCUT2D eigenvalue weighted by atomic mass is 16.4. The molecule has 3 rings (SSSR count). The van der Waals surface area contributed by atoms with Gasteiger partial charge in [0.1, 0.15) is 11.3 Å². The highest BCUT2D eigenvalue weighted by Crippen LogP contribution is 2.29. The standard InChI is InChI=1S/C13H8O3/c14-8-13-10(5-6-15-13)12-7-9-3-1-2-4-11(9)16-12/h1-8H. The quantitative estimate of drug-likeness (QED) is 0.610. The van der Waals surface area contributed by atoms with Crippen LogP contribution in [0.3, 0.4) is 0 Å². The van der Waals surface area contributed by atoms with Gasteiger partial charge in [0.2, 0.25) is 0 Å². The van der Waals surface area contributed by atoms with Crippen LogP contribution in [0, 0.1) is 0 Å². The second-order valence-corrected chi connectivity index (χ2v) is 3.46. The smallest absolute Gasteiger partial charge is 0.186 e. The Kier molecular flexibility index (Phi) is 1.90. The molecule has 0 spiro atoms. The lowest BCUT2D eigenvalue weighted by molar-refractivity contribution is 0.110. The Labute approximate surface area is 91.3 Å². The molecule has 0 unspecified atom stereocenters. The minimum absolute atomic E-state index is 0.291. The number of para-hydroxylation sites is 1. The van der Waals surface area contributed by atoms with Crippen LogP contribution in [-0.2, 0) is 0 Å². The first-order valence-corrected chi connectivity index (χ1v) is 4.90. The molecule has 0 aliphatic heterocycles. The van der Waals surface area contributed by atoms with Gasteiger partial charge in [-0.3, -0.25) is 4.79 Å². The van der Waals surface area contributed by atoms with Gasteiger partial charge in [0.25, 0.3) is 0 Å². The first kappa shape index (κ1) is 8.97. The molecule has 78 valence electrons. The molecule has 3 aromatic rings. The van der Waals surface area contributed by atoms with Crippen LogP contribution in [0.4, 0.5) is 0 Å². The van der Waals surface area contributed by atoms with E-state index in [4.69, 9.17) is 8.83 Å². The van der Waals surface area contributed by atoms with Crippen molar-refractivity contribution in [3.63, 3.8) is 0 Å². The lowest BCUT2D eigenvalue weighted by Gasteiger charge is -1.90. The van der Waals surface area contributed by atoms with Crippen molar-refractivity contribution in [1.82, 2.24) is 0 Å². The number of furan rings is 2. The zero-order valence-electron chi connectivity index (χ0n) is 8.34. The molecule has 0 N–H and O–H groups in total. The summed E-state index contributed by atoms with van der Waals surface area (Å²) >= 11 is 0. The van der Waals surface area contributed by atoms with E-state index in [0.29, 0.717) is 23.4 Å². The van der Waals surface area contributed by atoms with E-state index in [1.54, 1.807) is 6.07 Å². The van der Waals surface area contributed by atoms with E-state index in [0.717, 1.165) is 11.0 Å². The molecule has 0 saturated heterocycles. The monoisotopic (exact) mass is 212 g/mol. The number of fused-ring (bicyclic) bond motifs is 1. The molecule has 2 heterocycles. The summed E-state index contributed by atoms with van der Waals surface area (Å²) in [6, 6.07) is 11.3. The molecular formula is C13H8O3. The van der Waals surface area contributed by atoms with Gasteiger partial charge in [0, 0.05) is 5.39 Å². The van der Waals surface area contributed by atoms with Gasteiger partial charge in [-0.15, -0.1) is 0 Å². The van der Waals surface area contributed by atoms with Gasteiger partial charge in [-0.1, -0.05) is 18.2 Å². The average Bonchev–Trinajstić information content (AvgIpc) is 2.94. The van der Waals surface area contributed by atoms with E-state index >= 15 is 0 Å². The van der Waals surface area contributed by atoms with Crippen molar-refractivity contribution in [2.24, 2.45) is 0 Å². The zero-order valence-corrected chi connectivity index (χ0v) is 8.34. The lowest BCUT2D eigenvalue weighted by atomic mass is 10.2. The number of carbonyl (C=O) groups excluding carboxylic acids is 1. The van der Waals surface area contributed by atoms with Gasteiger partial charge in [-0.2, -0.15) is 0 Å². The first-order valence-electron chi connectivity index (χ1n) is 4.90. The first-order chi connectivity index (χ1) is 7.88.